The van der Waals surface area contributed by atoms with E-state index in [1.54, 1.807) is 0 Å². The van der Waals surface area contributed by atoms with Gasteiger partial charge in [-0.1, -0.05) is 30.3 Å². The second-order valence-corrected chi connectivity index (χ2v) is 2.77. The van der Waals surface area contributed by atoms with Crippen LogP contribution in [0.2, 0.25) is 0 Å². The van der Waals surface area contributed by atoms with Crippen molar-refractivity contribution in [2.45, 2.75) is 6.61 Å². The molecule has 1 rings (SSSR count). The molecule has 0 aliphatic heterocycles. The van der Waals surface area contributed by atoms with Crippen LogP contribution < -0.4 is 10.8 Å². The molecule has 0 unspecified atom stereocenters. The molecule has 0 radical (unpaired) electrons. The van der Waals surface area contributed by atoms with Crippen LogP contribution >= 0.6 is 0 Å². The predicted molar refractivity (Wildman–Crippen MR) is 53.2 cm³/mol. The van der Waals surface area contributed by atoms with Gasteiger partial charge < -0.3 is 5.32 Å². The summed E-state index contributed by atoms with van der Waals surface area (Å²) in [6, 6.07) is 10.1. The van der Waals surface area contributed by atoms with Crippen LogP contribution in [0.25, 0.3) is 0 Å². The molecule has 0 aliphatic rings. The molecule has 3 nitrogen and oxygen atoms in total. The lowest BCUT2D eigenvalue weighted by atomic mass is 10.2. The van der Waals surface area contributed by atoms with Crippen LogP contribution in [0.15, 0.2) is 30.3 Å². The molecule has 3 heteroatoms. The Labute approximate surface area is 79.1 Å². The van der Waals surface area contributed by atoms with Crippen molar-refractivity contribution in [1.29, 1.82) is 0 Å². The van der Waals surface area contributed by atoms with Crippen molar-refractivity contribution >= 4 is 0 Å². The van der Waals surface area contributed by atoms with Crippen molar-refractivity contribution in [3.8, 4) is 0 Å². The van der Waals surface area contributed by atoms with E-state index in [-0.39, 0.29) is 0 Å². The third-order valence-corrected chi connectivity index (χ3v) is 1.66. The molecular weight excluding hydrogens is 164 g/mol. The van der Waals surface area contributed by atoms with E-state index in [1.165, 1.54) is 5.56 Å². The maximum Gasteiger partial charge on any atom is 0.0933 e. The van der Waals surface area contributed by atoms with Crippen molar-refractivity contribution in [2.24, 2.45) is 0 Å². The summed E-state index contributed by atoms with van der Waals surface area (Å²) < 4.78 is 0. The van der Waals surface area contributed by atoms with E-state index in [4.69, 9.17) is 4.84 Å². The minimum atomic E-state index is 0.616. The zero-order valence-corrected chi connectivity index (χ0v) is 7.92. The number of hydrogen-bond acceptors (Lipinski definition) is 3. The van der Waals surface area contributed by atoms with Gasteiger partial charge >= 0.3 is 0 Å². The number of hydrogen-bond donors (Lipinski definition) is 2. The van der Waals surface area contributed by atoms with Crippen molar-refractivity contribution in [3.05, 3.63) is 35.9 Å². The van der Waals surface area contributed by atoms with Crippen molar-refractivity contribution < 1.29 is 4.84 Å². The highest BCUT2D eigenvalue weighted by molar-refractivity contribution is 5.13. The van der Waals surface area contributed by atoms with Crippen LogP contribution in [-0.2, 0) is 11.4 Å². The van der Waals surface area contributed by atoms with Crippen LogP contribution in [0.5, 0.6) is 0 Å². The Kier molecular flexibility index (Phi) is 5.17. The fourth-order valence-corrected chi connectivity index (χ4v) is 0.957. The SMILES string of the molecule is CNCCNOCc1ccccc1. The lowest BCUT2D eigenvalue weighted by Crippen LogP contribution is -2.24. The minimum absolute atomic E-state index is 0.616. The molecule has 0 atom stereocenters. The standard InChI is InChI=1S/C10H16N2O/c1-11-7-8-12-13-9-10-5-3-2-4-6-10/h2-6,11-12H,7-9H2,1H3. The Morgan fingerprint density at radius 3 is 2.62 bits per heavy atom. The van der Waals surface area contributed by atoms with Gasteiger partial charge in [-0.15, -0.1) is 0 Å². The Bertz CT molecular complexity index is 213. The Hall–Kier alpha value is -0.900. The molecular formula is C10H16N2O. The number of nitrogens with one attached hydrogen (secondary N) is 2. The van der Waals surface area contributed by atoms with Crippen LogP contribution in [0.3, 0.4) is 0 Å². The fourth-order valence-electron chi connectivity index (χ4n) is 0.957. The first-order valence-electron chi connectivity index (χ1n) is 4.46. The summed E-state index contributed by atoms with van der Waals surface area (Å²) in [5.41, 5.74) is 4.05. The van der Waals surface area contributed by atoms with Crippen LogP contribution in [0.1, 0.15) is 5.56 Å². The Balaban J connectivity index is 2.07. The van der Waals surface area contributed by atoms with E-state index >= 15 is 0 Å². The maximum atomic E-state index is 5.23. The topological polar surface area (TPSA) is 33.3 Å². The van der Waals surface area contributed by atoms with Gasteiger partial charge in [0, 0.05) is 13.1 Å². The minimum Gasteiger partial charge on any atom is -0.318 e. The smallest absolute Gasteiger partial charge is 0.0933 e. The molecule has 0 saturated heterocycles. The molecule has 0 saturated carbocycles. The average Bonchev–Trinajstić information content (AvgIpc) is 2.19. The number of hydroxylamine groups is 1. The van der Waals surface area contributed by atoms with E-state index in [9.17, 15) is 0 Å². The van der Waals surface area contributed by atoms with Crippen LogP contribution in [0, 0.1) is 0 Å². The Morgan fingerprint density at radius 2 is 1.92 bits per heavy atom. The Morgan fingerprint density at radius 1 is 1.15 bits per heavy atom. The van der Waals surface area contributed by atoms with Crippen molar-refractivity contribution in [3.63, 3.8) is 0 Å². The number of likely N-dealkylation sites (N-methyl/N-ethyl adjacent to an activating group) is 1. The van der Waals surface area contributed by atoms with Gasteiger partial charge in [0.15, 0.2) is 0 Å². The summed E-state index contributed by atoms with van der Waals surface area (Å²) >= 11 is 0. The fraction of sp³-hybridized carbons (Fsp3) is 0.400. The molecule has 2 N–H and O–H groups in total. The van der Waals surface area contributed by atoms with Gasteiger partial charge in [-0.25, -0.2) is 5.48 Å². The summed E-state index contributed by atoms with van der Waals surface area (Å²) in [7, 11) is 1.92. The number of rotatable bonds is 6. The predicted octanol–water partition coefficient (Wildman–Crippen LogP) is 0.927. The van der Waals surface area contributed by atoms with Crippen molar-refractivity contribution in [1.82, 2.24) is 10.8 Å². The van der Waals surface area contributed by atoms with Crippen LogP contribution in [-0.4, -0.2) is 20.1 Å². The molecule has 1 aromatic carbocycles. The molecule has 0 heterocycles. The first kappa shape index (κ1) is 10.2. The summed E-state index contributed by atoms with van der Waals surface area (Å²) in [4.78, 5) is 5.23. The second kappa shape index (κ2) is 6.60. The number of benzene rings is 1. The van der Waals surface area contributed by atoms with E-state index in [1.807, 2.05) is 37.4 Å². The molecule has 0 amide bonds. The third-order valence-electron chi connectivity index (χ3n) is 1.66. The van der Waals surface area contributed by atoms with E-state index < -0.39 is 0 Å². The van der Waals surface area contributed by atoms with Crippen LogP contribution in [0.4, 0.5) is 0 Å². The molecule has 1 aromatic rings. The largest absolute Gasteiger partial charge is 0.318 e. The maximum absolute atomic E-state index is 5.23. The molecule has 13 heavy (non-hydrogen) atoms. The van der Waals surface area contributed by atoms with E-state index in [0.29, 0.717) is 6.61 Å². The van der Waals surface area contributed by atoms with Gasteiger partial charge in [0.2, 0.25) is 0 Å². The monoisotopic (exact) mass is 180 g/mol. The zero-order valence-electron chi connectivity index (χ0n) is 7.92. The first-order chi connectivity index (χ1) is 6.43. The van der Waals surface area contributed by atoms with Crippen molar-refractivity contribution in [2.75, 3.05) is 20.1 Å². The molecule has 0 spiro atoms. The highest BCUT2D eigenvalue weighted by atomic mass is 16.6. The molecule has 0 aliphatic carbocycles. The van der Waals surface area contributed by atoms with Gasteiger partial charge in [-0.05, 0) is 12.6 Å². The zero-order chi connectivity index (χ0) is 9.36. The summed E-state index contributed by atoms with van der Waals surface area (Å²) in [5.74, 6) is 0. The van der Waals surface area contributed by atoms with Gasteiger partial charge in [0.05, 0.1) is 6.61 Å². The van der Waals surface area contributed by atoms with Gasteiger partial charge in [0.25, 0.3) is 0 Å². The first-order valence-corrected chi connectivity index (χ1v) is 4.46. The second-order valence-electron chi connectivity index (χ2n) is 2.77. The molecule has 0 aromatic heterocycles. The highest BCUT2D eigenvalue weighted by Crippen LogP contribution is 1.98. The van der Waals surface area contributed by atoms with Gasteiger partial charge in [-0.3, -0.25) is 4.84 Å². The summed E-state index contributed by atoms with van der Waals surface area (Å²) in [5, 5.41) is 3.02. The van der Waals surface area contributed by atoms with E-state index in [2.05, 4.69) is 10.8 Å². The lowest BCUT2D eigenvalue weighted by Gasteiger charge is -2.04. The summed E-state index contributed by atoms with van der Waals surface area (Å²) in [6.07, 6.45) is 0. The highest BCUT2D eigenvalue weighted by Gasteiger charge is 1.89. The molecule has 72 valence electrons. The average molecular weight is 180 g/mol. The molecule has 0 fully saturated rings. The normalized spacial score (nSPS) is 10.2. The quantitative estimate of drug-likeness (QED) is 0.504. The molecule has 0 bridgehead atoms. The third kappa shape index (κ3) is 4.62. The van der Waals surface area contributed by atoms with Gasteiger partial charge in [0.1, 0.15) is 0 Å². The van der Waals surface area contributed by atoms with E-state index in [0.717, 1.165) is 13.1 Å². The summed E-state index contributed by atoms with van der Waals surface area (Å²) in [6.45, 7) is 2.35. The van der Waals surface area contributed by atoms with Gasteiger partial charge in [-0.2, -0.15) is 0 Å². The lowest BCUT2D eigenvalue weighted by molar-refractivity contribution is 0.0291.